The molecule has 1 fully saturated rings. The molecule has 2 aromatic rings. The van der Waals surface area contributed by atoms with Crippen LogP contribution in [-0.2, 0) is 6.54 Å². The topological polar surface area (TPSA) is 41.0 Å². The Morgan fingerprint density at radius 3 is 3.11 bits per heavy atom. The first-order valence-corrected chi connectivity index (χ1v) is 7.08. The van der Waals surface area contributed by atoms with Gasteiger partial charge in [0.1, 0.15) is 0 Å². The SMILES string of the molecule is CN1CCCC(Cn2c(=O)[nH]c3cccc(Cl)c32)C1. The van der Waals surface area contributed by atoms with E-state index in [-0.39, 0.29) is 5.69 Å². The number of para-hydroxylation sites is 1. The fourth-order valence-corrected chi connectivity index (χ4v) is 3.31. The Morgan fingerprint density at radius 1 is 1.47 bits per heavy atom. The summed E-state index contributed by atoms with van der Waals surface area (Å²) in [7, 11) is 2.14. The van der Waals surface area contributed by atoms with Crippen molar-refractivity contribution in [3.05, 3.63) is 33.7 Å². The van der Waals surface area contributed by atoms with Crippen LogP contribution < -0.4 is 5.69 Å². The highest BCUT2D eigenvalue weighted by molar-refractivity contribution is 6.34. The number of benzene rings is 1. The molecule has 4 nitrogen and oxygen atoms in total. The van der Waals surface area contributed by atoms with Crippen molar-refractivity contribution in [3.63, 3.8) is 0 Å². The molecule has 1 aliphatic rings. The minimum absolute atomic E-state index is 0.0590. The standard InChI is InChI=1S/C14H18ClN3O/c1-17-7-3-4-10(8-17)9-18-13-11(15)5-2-6-12(13)16-14(18)19/h2,5-6,10H,3-4,7-9H2,1H3,(H,16,19). The van der Waals surface area contributed by atoms with E-state index >= 15 is 0 Å². The van der Waals surface area contributed by atoms with Crippen LogP contribution in [0.5, 0.6) is 0 Å². The predicted molar refractivity (Wildman–Crippen MR) is 77.8 cm³/mol. The summed E-state index contributed by atoms with van der Waals surface area (Å²) in [6.07, 6.45) is 2.37. The van der Waals surface area contributed by atoms with Gasteiger partial charge in [-0.2, -0.15) is 0 Å². The van der Waals surface area contributed by atoms with E-state index in [2.05, 4.69) is 16.9 Å². The summed E-state index contributed by atoms with van der Waals surface area (Å²) in [5.41, 5.74) is 1.60. The van der Waals surface area contributed by atoms with Crippen molar-refractivity contribution in [1.29, 1.82) is 0 Å². The molecule has 1 saturated heterocycles. The molecule has 1 N–H and O–H groups in total. The van der Waals surface area contributed by atoms with Gasteiger partial charge >= 0.3 is 5.69 Å². The molecule has 0 saturated carbocycles. The number of aromatic amines is 1. The lowest BCUT2D eigenvalue weighted by atomic mass is 9.98. The Morgan fingerprint density at radius 2 is 2.32 bits per heavy atom. The molecule has 0 radical (unpaired) electrons. The van der Waals surface area contributed by atoms with Gasteiger partial charge in [-0.05, 0) is 44.5 Å². The van der Waals surface area contributed by atoms with Gasteiger partial charge in [-0.1, -0.05) is 17.7 Å². The molecule has 1 aliphatic heterocycles. The summed E-state index contributed by atoms with van der Waals surface area (Å²) in [6.45, 7) is 2.94. The number of nitrogens with one attached hydrogen (secondary N) is 1. The minimum atomic E-state index is -0.0590. The fraction of sp³-hybridized carbons (Fsp3) is 0.500. The lowest BCUT2D eigenvalue weighted by Crippen LogP contribution is -2.35. The number of H-pyrrole nitrogens is 1. The number of aromatic nitrogens is 2. The predicted octanol–water partition coefficient (Wildman–Crippen LogP) is 2.32. The van der Waals surface area contributed by atoms with E-state index in [9.17, 15) is 4.79 Å². The average Bonchev–Trinajstić information content (AvgIpc) is 2.67. The maximum atomic E-state index is 12.1. The van der Waals surface area contributed by atoms with E-state index in [1.54, 1.807) is 4.57 Å². The van der Waals surface area contributed by atoms with Crippen LogP contribution >= 0.6 is 11.6 Å². The Hall–Kier alpha value is -1.26. The molecule has 102 valence electrons. The Bertz CT molecular complexity index is 646. The maximum Gasteiger partial charge on any atom is 0.326 e. The monoisotopic (exact) mass is 279 g/mol. The third kappa shape index (κ3) is 2.42. The second-order valence-corrected chi connectivity index (χ2v) is 5.85. The summed E-state index contributed by atoms with van der Waals surface area (Å²) in [5, 5.41) is 0.639. The molecule has 1 aromatic heterocycles. The van der Waals surface area contributed by atoms with Gasteiger partial charge in [-0.15, -0.1) is 0 Å². The van der Waals surface area contributed by atoms with E-state index in [1.165, 1.54) is 12.8 Å². The zero-order valence-corrected chi connectivity index (χ0v) is 11.8. The second-order valence-electron chi connectivity index (χ2n) is 5.45. The molecule has 3 rings (SSSR count). The lowest BCUT2D eigenvalue weighted by Gasteiger charge is -2.29. The molecule has 1 aromatic carbocycles. The van der Waals surface area contributed by atoms with Crippen molar-refractivity contribution < 1.29 is 0 Å². The van der Waals surface area contributed by atoms with Crippen molar-refractivity contribution in [2.75, 3.05) is 20.1 Å². The smallest absolute Gasteiger partial charge is 0.306 e. The van der Waals surface area contributed by atoms with Gasteiger partial charge in [0.05, 0.1) is 16.1 Å². The van der Waals surface area contributed by atoms with Crippen molar-refractivity contribution >= 4 is 22.6 Å². The van der Waals surface area contributed by atoms with Crippen LogP contribution in [0.2, 0.25) is 5.02 Å². The van der Waals surface area contributed by atoms with E-state index in [0.717, 1.165) is 30.7 Å². The summed E-state index contributed by atoms with van der Waals surface area (Å²) in [4.78, 5) is 17.3. The molecular weight excluding hydrogens is 262 g/mol. The first-order valence-electron chi connectivity index (χ1n) is 6.70. The first-order chi connectivity index (χ1) is 9.15. The van der Waals surface area contributed by atoms with E-state index in [4.69, 9.17) is 11.6 Å². The van der Waals surface area contributed by atoms with Gasteiger partial charge in [0.2, 0.25) is 0 Å². The normalized spacial score (nSPS) is 21.1. The molecule has 1 unspecified atom stereocenters. The molecule has 1 atom stereocenters. The van der Waals surface area contributed by atoms with Crippen LogP contribution in [0.15, 0.2) is 23.0 Å². The first kappa shape index (κ1) is 12.8. The number of rotatable bonds is 2. The number of nitrogens with zero attached hydrogens (tertiary/aromatic N) is 2. The van der Waals surface area contributed by atoms with Crippen LogP contribution in [0.4, 0.5) is 0 Å². The number of halogens is 1. The zero-order chi connectivity index (χ0) is 13.4. The molecule has 19 heavy (non-hydrogen) atoms. The van der Waals surface area contributed by atoms with Crippen LogP contribution in [0.25, 0.3) is 11.0 Å². The third-order valence-corrected chi connectivity index (χ3v) is 4.21. The Balaban J connectivity index is 1.96. The van der Waals surface area contributed by atoms with Crippen molar-refractivity contribution in [3.8, 4) is 0 Å². The highest BCUT2D eigenvalue weighted by atomic mass is 35.5. The number of imidazole rings is 1. The number of hydrogen-bond donors (Lipinski definition) is 1. The van der Waals surface area contributed by atoms with Crippen LogP contribution in [-0.4, -0.2) is 34.6 Å². The Labute approximate surface area is 117 Å². The van der Waals surface area contributed by atoms with Crippen molar-refractivity contribution in [2.24, 2.45) is 5.92 Å². The van der Waals surface area contributed by atoms with Crippen LogP contribution in [0.3, 0.4) is 0 Å². The van der Waals surface area contributed by atoms with Gasteiger partial charge in [-0.3, -0.25) is 4.57 Å². The maximum absolute atomic E-state index is 12.1. The molecule has 2 heterocycles. The molecule has 0 spiro atoms. The van der Waals surface area contributed by atoms with Gasteiger partial charge in [0.25, 0.3) is 0 Å². The summed E-state index contributed by atoms with van der Waals surface area (Å²) in [5.74, 6) is 0.520. The van der Waals surface area contributed by atoms with Gasteiger partial charge < -0.3 is 9.88 Å². The van der Waals surface area contributed by atoms with E-state index in [0.29, 0.717) is 10.9 Å². The third-order valence-electron chi connectivity index (χ3n) is 3.91. The number of piperidine rings is 1. The summed E-state index contributed by atoms with van der Waals surface area (Å²) < 4.78 is 1.79. The van der Waals surface area contributed by atoms with E-state index in [1.807, 2.05) is 18.2 Å². The molecule has 0 bridgehead atoms. The van der Waals surface area contributed by atoms with Crippen molar-refractivity contribution in [2.45, 2.75) is 19.4 Å². The van der Waals surface area contributed by atoms with Crippen LogP contribution in [0.1, 0.15) is 12.8 Å². The number of fused-ring (bicyclic) bond motifs is 1. The second kappa shape index (κ2) is 5.02. The number of likely N-dealkylation sites (tertiary alicyclic amines) is 1. The van der Waals surface area contributed by atoms with E-state index < -0.39 is 0 Å². The lowest BCUT2D eigenvalue weighted by molar-refractivity contribution is 0.194. The average molecular weight is 280 g/mol. The van der Waals surface area contributed by atoms with Crippen molar-refractivity contribution in [1.82, 2.24) is 14.5 Å². The quantitative estimate of drug-likeness (QED) is 0.917. The summed E-state index contributed by atoms with van der Waals surface area (Å²) in [6, 6.07) is 5.59. The Kier molecular flexibility index (Phi) is 3.37. The minimum Gasteiger partial charge on any atom is -0.306 e. The fourth-order valence-electron chi connectivity index (χ4n) is 3.03. The van der Waals surface area contributed by atoms with Gasteiger partial charge in [0.15, 0.2) is 0 Å². The number of hydrogen-bond acceptors (Lipinski definition) is 2. The molecular formula is C14H18ClN3O. The van der Waals surface area contributed by atoms with Gasteiger partial charge in [-0.25, -0.2) is 4.79 Å². The van der Waals surface area contributed by atoms with Gasteiger partial charge in [0, 0.05) is 13.1 Å². The largest absolute Gasteiger partial charge is 0.326 e. The zero-order valence-electron chi connectivity index (χ0n) is 11.0. The summed E-state index contributed by atoms with van der Waals surface area (Å²) >= 11 is 6.23. The highest BCUT2D eigenvalue weighted by Gasteiger charge is 2.20. The molecule has 0 amide bonds. The van der Waals surface area contributed by atoms with Crippen LogP contribution in [0, 0.1) is 5.92 Å². The molecule has 0 aliphatic carbocycles. The highest BCUT2D eigenvalue weighted by Crippen LogP contribution is 2.23. The molecule has 5 heteroatoms.